The average molecular weight is 264 g/mol. The van der Waals surface area contributed by atoms with Gasteiger partial charge in [0, 0.05) is 11.1 Å². The molecule has 112 valence electrons. The molecule has 5 heteroatoms. The lowest BCUT2D eigenvalue weighted by Crippen LogP contribution is -2.37. The van der Waals surface area contributed by atoms with E-state index in [1.54, 1.807) is 0 Å². The molecule has 0 aromatic carbocycles. The van der Waals surface area contributed by atoms with E-state index in [1.165, 1.54) is 0 Å². The summed E-state index contributed by atoms with van der Waals surface area (Å²) >= 11 is 0. The molecule has 0 rings (SSSR count). The summed E-state index contributed by atoms with van der Waals surface area (Å²) in [6, 6.07) is 0. The van der Waals surface area contributed by atoms with Crippen LogP contribution in [0.5, 0.6) is 0 Å². The van der Waals surface area contributed by atoms with Gasteiger partial charge in [0.2, 0.25) is 0 Å². The van der Waals surface area contributed by atoms with Crippen molar-refractivity contribution in [2.24, 2.45) is 23.3 Å². The van der Waals surface area contributed by atoms with E-state index in [0.29, 0.717) is 11.8 Å². The second-order valence-electron chi connectivity index (χ2n) is 6.23. The SMILES string of the molecule is CC(C)C(C)(C)N.CC(C)C(C)(C)N.O=C(O)O. The summed E-state index contributed by atoms with van der Waals surface area (Å²) in [5, 5.41) is 13.9. The first kappa shape index (κ1) is 22.4. The molecule has 0 atom stereocenters. The zero-order chi connectivity index (χ0) is 15.7. The molecule has 0 fully saturated rings. The first-order valence-electron chi connectivity index (χ1n) is 6.12. The van der Waals surface area contributed by atoms with Crippen LogP contribution in [-0.2, 0) is 0 Å². The van der Waals surface area contributed by atoms with Crippen LogP contribution < -0.4 is 11.5 Å². The van der Waals surface area contributed by atoms with Gasteiger partial charge in [0.1, 0.15) is 0 Å². The topological polar surface area (TPSA) is 110 Å². The van der Waals surface area contributed by atoms with E-state index in [9.17, 15) is 0 Å². The van der Waals surface area contributed by atoms with E-state index in [4.69, 9.17) is 26.5 Å². The molecule has 6 N–H and O–H groups in total. The maximum absolute atomic E-state index is 8.56. The van der Waals surface area contributed by atoms with E-state index in [-0.39, 0.29) is 11.1 Å². The van der Waals surface area contributed by atoms with Gasteiger partial charge < -0.3 is 21.7 Å². The highest BCUT2D eigenvalue weighted by molar-refractivity contribution is 5.53. The predicted octanol–water partition coefficient (Wildman–Crippen LogP) is 2.98. The smallest absolute Gasteiger partial charge is 0.450 e. The molecule has 0 aliphatic carbocycles. The largest absolute Gasteiger partial charge is 0.503 e. The third-order valence-corrected chi connectivity index (χ3v) is 2.98. The van der Waals surface area contributed by atoms with E-state index in [1.807, 2.05) is 27.7 Å². The Bertz CT molecular complexity index is 191. The molecule has 0 unspecified atom stereocenters. The normalized spacial score (nSPS) is 11.3. The van der Waals surface area contributed by atoms with Gasteiger partial charge in [-0.3, -0.25) is 0 Å². The highest BCUT2D eigenvalue weighted by atomic mass is 16.6. The lowest BCUT2D eigenvalue weighted by atomic mass is 9.92. The summed E-state index contributed by atoms with van der Waals surface area (Å²) in [6.07, 6.45) is -1.83. The predicted molar refractivity (Wildman–Crippen MR) is 76.9 cm³/mol. The summed E-state index contributed by atoms with van der Waals surface area (Å²) in [5.74, 6) is 1.15. The molecule has 0 aliphatic rings. The number of nitrogens with two attached hydrogens (primary N) is 2. The van der Waals surface area contributed by atoms with E-state index >= 15 is 0 Å². The summed E-state index contributed by atoms with van der Waals surface area (Å²) in [4.78, 5) is 8.56. The van der Waals surface area contributed by atoms with Crippen molar-refractivity contribution < 1.29 is 15.0 Å². The molecule has 0 aliphatic heterocycles. The van der Waals surface area contributed by atoms with Gasteiger partial charge in [0.25, 0.3) is 0 Å². The molecular weight excluding hydrogens is 232 g/mol. The Morgan fingerprint density at radius 2 is 0.889 bits per heavy atom. The number of carboxylic acid groups (broad SMARTS) is 2. The van der Waals surface area contributed by atoms with Crippen LogP contribution >= 0.6 is 0 Å². The summed E-state index contributed by atoms with van der Waals surface area (Å²) in [6.45, 7) is 16.7. The fourth-order valence-electron chi connectivity index (χ4n) is 0. The molecule has 0 bridgehead atoms. The number of hydrogen-bond acceptors (Lipinski definition) is 3. The fraction of sp³-hybridized carbons (Fsp3) is 0.923. The van der Waals surface area contributed by atoms with Crippen LogP contribution in [0.2, 0.25) is 0 Å². The average Bonchev–Trinajstić information content (AvgIpc) is 1.99. The minimum absolute atomic E-state index is 0. The minimum Gasteiger partial charge on any atom is -0.450 e. The Kier molecular flexibility index (Phi) is 11.4. The Morgan fingerprint density at radius 3 is 0.889 bits per heavy atom. The van der Waals surface area contributed by atoms with Crippen LogP contribution in [0.4, 0.5) is 4.79 Å². The molecule has 5 nitrogen and oxygen atoms in total. The summed E-state index contributed by atoms with van der Waals surface area (Å²) < 4.78 is 0. The van der Waals surface area contributed by atoms with E-state index in [0.717, 1.165) is 0 Å². The summed E-state index contributed by atoms with van der Waals surface area (Å²) in [5.41, 5.74) is 11.4. The zero-order valence-corrected chi connectivity index (χ0v) is 13.1. The molecule has 18 heavy (non-hydrogen) atoms. The molecule has 0 aromatic heterocycles. The van der Waals surface area contributed by atoms with Gasteiger partial charge in [0.15, 0.2) is 0 Å². The maximum atomic E-state index is 8.56. The Balaban J connectivity index is -0.000000196. The van der Waals surface area contributed by atoms with Crippen molar-refractivity contribution in [3.05, 3.63) is 0 Å². The van der Waals surface area contributed by atoms with Crippen LogP contribution in [0.1, 0.15) is 55.4 Å². The Morgan fingerprint density at radius 1 is 0.833 bits per heavy atom. The number of rotatable bonds is 2. The quantitative estimate of drug-likeness (QED) is 0.613. The van der Waals surface area contributed by atoms with Gasteiger partial charge >= 0.3 is 6.16 Å². The first-order valence-corrected chi connectivity index (χ1v) is 6.12. The van der Waals surface area contributed by atoms with Crippen LogP contribution in [0.3, 0.4) is 0 Å². The van der Waals surface area contributed by atoms with Crippen molar-refractivity contribution in [1.82, 2.24) is 0 Å². The molecule has 0 aromatic rings. The van der Waals surface area contributed by atoms with Crippen LogP contribution in [0, 0.1) is 11.8 Å². The van der Waals surface area contributed by atoms with Gasteiger partial charge in [-0.05, 0) is 39.5 Å². The van der Waals surface area contributed by atoms with Gasteiger partial charge in [-0.2, -0.15) is 0 Å². The lowest BCUT2D eigenvalue weighted by molar-refractivity contribution is 0.137. The third kappa shape index (κ3) is 24.4. The van der Waals surface area contributed by atoms with Gasteiger partial charge in [0.05, 0.1) is 0 Å². The molecule has 0 amide bonds. The lowest BCUT2D eigenvalue weighted by Gasteiger charge is -2.22. The standard InChI is InChI=1S/2C6H15N.CH2O3/c2*1-5(2)6(3,4)7;2-1(3)4/h2*5H,7H2,1-4H3;(H2,2,3,4). The molecule has 0 saturated carbocycles. The van der Waals surface area contributed by atoms with E-state index < -0.39 is 6.16 Å². The van der Waals surface area contributed by atoms with Crippen molar-refractivity contribution in [2.45, 2.75) is 66.5 Å². The van der Waals surface area contributed by atoms with Crippen LogP contribution in [-0.4, -0.2) is 27.4 Å². The van der Waals surface area contributed by atoms with Crippen LogP contribution in [0.15, 0.2) is 0 Å². The highest BCUT2D eigenvalue weighted by Crippen LogP contribution is 2.10. The fourth-order valence-corrected chi connectivity index (χ4v) is 0. The van der Waals surface area contributed by atoms with Crippen molar-refractivity contribution in [1.29, 1.82) is 0 Å². The van der Waals surface area contributed by atoms with E-state index in [2.05, 4.69) is 27.7 Å². The van der Waals surface area contributed by atoms with Gasteiger partial charge in [-0.1, -0.05) is 27.7 Å². The first-order chi connectivity index (χ1) is 7.62. The van der Waals surface area contributed by atoms with Gasteiger partial charge in [-0.25, -0.2) is 4.79 Å². The Hall–Kier alpha value is -0.810. The number of carbonyl (C=O) groups is 1. The molecular formula is C13H32N2O3. The summed E-state index contributed by atoms with van der Waals surface area (Å²) in [7, 11) is 0. The second kappa shape index (κ2) is 9.16. The van der Waals surface area contributed by atoms with Crippen molar-refractivity contribution >= 4 is 6.16 Å². The molecule has 0 heterocycles. The Labute approximate surface area is 112 Å². The number of hydrogen-bond donors (Lipinski definition) is 4. The van der Waals surface area contributed by atoms with Crippen molar-refractivity contribution in [3.63, 3.8) is 0 Å². The molecule has 0 spiro atoms. The molecule has 0 saturated heterocycles. The van der Waals surface area contributed by atoms with Gasteiger partial charge in [-0.15, -0.1) is 0 Å². The van der Waals surface area contributed by atoms with Crippen molar-refractivity contribution in [3.8, 4) is 0 Å². The zero-order valence-electron chi connectivity index (χ0n) is 13.1. The van der Waals surface area contributed by atoms with Crippen molar-refractivity contribution in [2.75, 3.05) is 0 Å². The third-order valence-electron chi connectivity index (χ3n) is 2.98. The second-order valence-corrected chi connectivity index (χ2v) is 6.23. The minimum atomic E-state index is -1.83. The maximum Gasteiger partial charge on any atom is 0.503 e. The van der Waals surface area contributed by atoms with Crippen LogP contribution in [0.25, 0.3) is 0 Å². The highest BCUT2D eigenvalue weighted by Gasteiger charge is 2.14. The molecule has 0 radical (unpaired) electrons. The monoisotopic (exact) mass is 264 g/mol.